The number of hydrogen-bond donors (Lipinski definition) is 2. The van der Waals surface area contributed by atoms with Gasteiger partial charge in [-0.2, -0.15) is 0 Å². The maximum Gasteiger partial charge on any atom is 0.129 e. The van der Waals surface area contributed by atoms with E-state index in [1.165, 1.54) is 12.8 Å². The molecule has 1 saturated heterocycles. The van der Waals surface area contributed by atoms with Gasteiger partial charge in [0.05, 0.1) is 11.3 Å². The summed E-state index contributed by atoms with van der Waals surface area (Å²) in [5.74, 6) is 1.12. The summed E-state index contributed by atoms with van der Waals surface area (Å²) in [5, 5.41) is 22.1. The Morgan fingerprint density at radius 2 is 1.78 bits per heavy atom. The Balaban J connectivity index is 1.68. The minimum atomic E-state index is -0.956. The van der Waals surface area contributed by atoms with E-state index >= 15 is 0 Å². The van der Waals surface area contributed by atoms with E-state index in [1.54, 1.807) is 13.8 Å². The highest BCUT2D eigenvalue weighted by molar-refractivity contribution is 5.44. The summed E-state index contributed by atoms with van der Waals surface area (Å²) in [7, 11) is 0. The molecule has 0 radical (unpaired) electrons. The Morgan fingerprint density at radius 1 is 1.04 bits per heavy atom. The zero-order chi connectivity index (χ0) is 19.1. The number of fused-ring (bicyclic) bond motifs is 1. The maximum atomic E-state index is 11.7. The second-order valence-electron chi connectivity index (χ2n) is 8.63. The molecule has 3 atom stereocenters. The topological polar surface area (TPSA) is 56.6 Å². The smallest absolute Gasteiger partial charge is 0.129 e. The third-order valence-corrected chi connectivity index (χ3v) is 6.41. The molecular formula is C23H30N2O2. The van der Waals surface area contributed by atoms with Gasteiger partial charge in [-0.25, -0.2) is 4.98 Å². The van der Waals surface area contributed by atoms with E-state index in [-0.39, 0.29) is 12.0 Å². The predicted octanol–water partition coefficient (Wildman–Crippen LogP) is 3.97. The molecule has 4 heteroatoms. The third kappa shape index (κ3) is 3.37. The summed E-state index contributed by atoms with van der Waals surface area (Å²) in [6.45, 7) is 4.31. The molecule has 2 heterocycles. The lowest BCUT2D eigenvalue weighted by Gasteiger charge is -2.53. The average molecular weight is 367 g/mol. The highest BCUT2D eigenvalue weighted by atomic mass is 16.3. The molecule has 1 unspecified atom stereocenters. The molecule has 2 fully saturated rings. The number of aliphatic hydroxyl groups is 2. The molecule has 2 N–H and O–H groups in total. The number of aromatic nitrogens is 1. The third-order valence-electron chi connectivity index (χ3n) is 6.41. The molecule has 1 aliphatic carbocycles. The largest absolute Gasteiger partial charge is 0.385 e. The van der Waals surface area contributed by atoms with Gasteiger partial charge in [0.1, 0.15) is 11.4 Å². The van der Waals surface area contributed by atoms with Gasteiger partial charge in [-0.3, -0.25) is 0 Å². The molecule has 1 saturated carbocycles. The predicted molar refractivity (Wildman–Crippen MR) is 108 cm³/mol. The quantitative estimate of drug-likeness (QED) is 0.863. The van der Waals surface area contributed by atoms with Crippen molar-refractivity contribution in [3.8, 4) is 0 Å². The van der Waals surface area contributed by atoms with Crippen molar-refractivity contribution in [3.05, 3.63) is 59.8 Å². The number of anilines is 1. The van der Waals surface area contributed by atoms with Crippen LogP contribution in [0.15, 0.2) is 48.5 Å². The summed E-state index contributed by atoms with van der Waals surface area (Å²) in [6, 6.07) is 16.3. The Hall–Kier alpha value is -1.91. The fourth-order valence-electron chi connectivity index (χ4n) is 4.98. The zero-order valence-corrected chi connectivity index (χ0v) is 16.3. The molecule has 1 aromatic heterocycles. The number of rotatable bonds is 3. The highest BCUT2D eigenvalue weighted by Crippen LogP contribution is 2.47. The van der Waals surface area contributed by atoms with E-state index in [9.17, 15) is 10.2 Å². The average Bonchev–Trinajstić information content (AvgIpc) is 2.69. The van der Waals surface area contributed by atoms with Gasteiger partial charge in [0.15, 0.2) is 0 Å². The monoisotopic (exact) mass is 366 g/mol. The zero-order valence-electron chi connectivity index (χ0n) is 16.3. The van der Waals surface area contributed by atoms with Gasteiger partial charge in [-0.15, -0.1) is 0 Å². The van der Waals surface area contributed by atoms with Crippen molar-refractivity contribution in [2.45, 2.75) is 63.2 Å². The molecule has 0 amide bonds. The van der Waals surface area contributed by atoms with E-state index in [1.807, 2.05) is 36.4 Å². The van der Waals surface area contributed by atoms with Gasteiger partial charge < -0.3 is 15.1 Å². The van der Waals surface area contributed by atoms with Crippen molar-refractivity contribution in [2.75, 3.05) is 11.4 Å². The fraction of sp³-hybridized carbons (Fsp3) is 0.522. The molecule has 2 aromatic rings. The van der Waals surface area contributed by atoms with Crippen LogP contribution < -0.4 is 4.90 Å². The number of pyridine rings is 1. The van der Waals surface area contributed by atoms with Gasteiger partial charge in [0.2, 0.25) is 0 Å². The Bertz CT molecular complexity index is 786. The van der Waals surface area contributed by atoms with E-state index < -0.39 is 11.2 Å². The van der Waals surface area contributed by atoms with Crippen LogP contribution in [-0.4, -0.2) is 27.8 Å². The molecular weight excluding hydrogens is 336 g/mol. The van der Waals surface area contributed by atoms with Crippen LogP contribution in [0.25, 0.3) is 0 Å². The van der Waals surface area contributed by atoms with Crippen LogP contribution in [0.2, 0.25) is 0 Å². The molecule has 27 heavy (non-hydrogen) atoms. The van der Waals surface area contributed by atoms with Crippen molar-refractivity contribution in [3.63, 3.8) is 0 Å². The summed E-state index contributed by atoms with van der Waals surface area (Å²) in [5.41, 5.74) is 0.00944. The van der Waals surface area contributed by atoms with Gasteiger partial charge in [0, 0.05) is 18.5 Å². The van der Waals surface area contributed by atoms with Crippen LogP contribution in [0.5, 0.6) is 0 Å². The molecule has 4 nitrogen and oxygen atoms in total. The van der Waals surface area contributed by atoms with Crippen LogP contribution in [0.3, 0.4) is 0 Å². The van der Waals surface area contributed by atoms with Crippen LogP contribution in [0.4, 0.5) is 5.82 Å². The van der Waals surface area contributed by atoms with Crippen molar-refractivity contribution in [1.82, 2.24) is 4.98 Å². The number of nitrogens with zero attached hydrogens (tertiary/aromatic N) is 2. The maximum absolute atomic E-state index is 11.7. The first-order valence-corrected chi connectivity index (χ1v) is 10.1. The Kier molecular flexibility index (Phi) is 4.73. The number of benzene rings is 1. The van der Waals surface area contributed by atoms with Crippen molar-refractivity contribution in [2.24, 2.45) is 5.92 Å². The molecule has 0 spiro atoms. The summed E-state index contributed by atoms with van der Waals surface area (Å²) in [6.07, 6.45) is 5.17. The first kappa shape index (κ1) is 18.5. The molecule has 144 valence electrons. The molecule has 1 aliphatic heterocycles. The first-order chi connectivity index (χ1) is 12.9. The number of hydrogen-bond acceptors (Lipinski definition) is 4. The van der Waals surface area contributed by atoms with Crippen molar-refractivity contribution < 1.29 is 10.2 Å². The van der Waals surface area contributed by atoms with Gasteiger partial charge in [-0.05, 0) is 50.8 Å². The van der Waals surface area contributed by atoms with E-state index in [4.69, 9.17) is 4.98 Å². The van der Waals surface area contributed by atoms with Gasteiger partial charge in [-0.1, -0.05) is 49.2 Å². The lowest BCUT2D eigenvalue weighted by Crippen LogP contribution is -2.57. The molecule has 2 aliphatic rings. The van der Waals surface area contributed by atoms with E-state index in [0.29, 0.717) is 12.1 Å². The number of piperidine rings is 1. The molecule has 0 bridgehead atoms. The SMILES string of the molecule is CC(C)(O)c1cccc(N2CCC(O)(c3ccccc3)[C@@H]3CCCC[C@@H]32)n1. The van der Waals surface area contributed by atoms with E-state index in [2.05, 4.69) is 17.0 Å². The summed E-state index contributed by atoms with van der Waals surface area (Å²) < 4.78 is 0. The van der Waals surface area contributed by atoms with E-state index in [0.717, 1.165) is 30.8 Å². The molecule has 1 aromatic carbocycles. The highest BCUT2D eigenvalue weighted by Gasteiger charge is 2.49. The van der Waals surface area contributed by atoms with Crippen LogP contribution in [0.1, 0.15) is 57.2 Å². The van der Waals surface area contributed by atoms with Gasteiger partial charge >= 0.3 is 0 Å². The second-order valence-corrected chi connectivity index (χ2v) is 8.63. The lowest BCUT2D eigenvalue weighted by atomic mass is 9.66. The Morgan fingerprint density at radius 3 is 2.52 bits per heavy atom. The van der Waals surface area contributed by atoms with Crippen LogP contribution >= 0.6 is 0 Å². The van der Waals surface area contributed by atoms with Crippen molar-refractivity contribution in [1.29, 1.82) is 0 Å². The van der Waals surface area contributed by atoms with Crippen LogP contribution in [0, 0.1) is 5.92 Å². The summed E-state index contributed by atoms with van der Waals surface area (Å²) >= 11 is 0. The normalized spacial score (nSPS) is 28.7. The second kappa shape index (κ2) is 6.92. The molecule has 4 rings (SSSR count). The fourth-order valence-corrected chi connectivity index (χ4v) is 4.98. The Labute approximate surface area is 161 Å². The van der Waals surface area contributed by atoms with Crippen LogP contribution in [-0.2, 0) is 11.2 Å². The minimum Gasteiger partial charge on any atom is -0.385 e. The first-order valence-electron chi connectivity index (χ1n) is 10.1. The van der Waals surface area contributed by atoms with Crippen molar-refractivity contribution >= 4 is 5.82 Å². The van der Waals surface area contributed by atoms with Gasteiger partial charge in [0.25, 0.3) is 0 Å². The lowest BCUT2D eigenvalue weighted by molar-refractivity contribution is -0.0691. The summed E-state index contributed by atoms with van der Waals surface area (Å²) in [4.78, 5) is 7.15. The standard InChI is InChI=1S/C23H30N2O2/c1-22(2,26)20-13-8-14-21(24-20)25-16-15-23(27,17-9-4-3-5-10-17)18-11-6-7-12-19(18)25/h3-5,8-10,13-14,18-19,26-27H,6-7,11-12,15-16H2,1-2H3/t18-,19+,23?/m1/s1. The minimum absolute atomic E-state index is 0.204.